The Morgan fingerprint density at radius 2 is 2.00 bits per heavy atom. The molecule has 0 unspecified atom stereocenters. The molecule has 2 aliphatic rings. The van der Waals surface area contributed by atoms with Crippen LogP contribution in [0.4, 0.5) is 5.69 Å². The number of rotatable bonds is 2. The Balaban J connectivity index is 2.25. The van der Waals surface area contributed by atoms with Gasteiger partial charge in [0.1, 0.15) is 0 Å². The lowest BCUT2D eigenvalue weighted by molar-refractivity contribution is 0.313. The number of anilines is 1. The van der Waals surface area contributed by atoms with Crippen LogP contribution in [0.3, 0.4) is 0 Å². The Labute approximate surface area is 127 Å². The monoisotopic (exact) mass is 305 g/mol. The van der Waals surface area contributed by atoms with Crippen LogP contribution >= 0.6 is 15.9 Å². The molecule has 1 aromatic rings. The Bertz CT molecular complexity index is 760. The fraction of sp³-hybridized carbons (Fsp3) is 0.571. The molecule has 1 aromatic carbocycles. The van der Waals surface area contributed by atoms with E-state index >= 15 is 0 Å². The lowest BCUT2D eigenvalue weighted by Gasteiger charge is -2.34. The number of halogens is 1. The third-order valence-electron chi connectivity index (χ3n) is 2.76. The quantitative estimate of drug-likeness (QED) is 0.828. The van der Waals surface area contributed by atoms with Crippen molar-refractivity contribution in [2.24, 2.45) is 0 Å². The van der Waals surface area contributed by atoms with Crippen molar-refractivity contribution >= 4 is 21.6 Å². The smallest absolute Gasteiger partial charge is 0.0506 e. The molecule has 0 atom stereocenters. The topological polar surface area (TPSA) is 6.48 Å². The normalized spacial score (nSPS) is 44.1. The molecule has 2 fully saturated rings. The molecule has 1 aliphatic heterocycles. The zero-order valence-electron chi connectivity index (χ0n) is 20.0. The molecule has 0 radical (unpaired) electrons. The first-order valence-electron chi connectivity index (χ1n) is 10.9. The maximum Gasteiger partial charge on any atom is 0.0506 e. The van der Waals surface area contributed by atoms with Crippen LogP contribution < -0.4 is 4.90 Å². The molecule has 1 aliphatic carbocycles. The minimum Gasteiger partial charge on any atom is -0.369 e. The van der Waals surface area contributed by atoms with Gasteiger partial charge in [-0.1, -0.05) is 15.9 Å². The van der Waals surface area contributed by atoms with E-state index in [4.69, 9.17) is 15.1 Å². The first-order valence-corrected chi connectivity index (χ1v) is 6.16. The lowest BCUT2D eigenvalue weighted by Crippen LogP contribution is -2.44. The van der Waals surface area contributed by atoms with E-state index in [0.717, 1.165) is 18.4 Å². The van der Waals surface area contributed by atoms with E-state index in [9.17, 15) is 0 Å². The summed E-state index contributed by atoms with van der Waals surface area (Å²) in [4.78, 5) is 0.0716. The van der Waals surface area contributed by atoms with Crippen molar-refractivity contribution in [2.45, 2.75) is 18.8 Å². The molecule has 2 nitrogen and oxygen atoms in total. The fourth-order valence-corrected chi connectivity index (χ4v) is 2.26. The Morgan fingerprint density at radius 3 is 2.65 bits per heavy atom. The highest BCUT2D eigenvalue weighted by atomic mass is 79.9. The number of hydrogen-bond acceptors (Lipinski definition) is 2. The average molecular weight is 306 g/mol. The van der Waals surface area contributed by atoms with E-state index in [1.807, 2.05) is 0 Å². The van der Waals surface area contributed by atoms with Crippen molar-refractivity contribution in [2.75, 3.05) is 37.9 Å². The SMILES string of the molecule is [2H]C([2H])([2H])N1C([2H])([2H])C([2H])([2H])N(c2cc(Br)cc(C3CC3)c2)C([2H])([2H])C1([2H])[2H]. The van der Waals surface area contributed by atoms with Crippen LogP contribution in [0.5, 0.6) is 0 Å². The van der Waals surface area contributed by atoms with Gasteiger partial charge in [0.25, 0.3) is 0 Å². The van der Waals surface area contributed by atoms with Gasteiger partial charge in [0.05, 0.1) is 5.48 Å². The van der Waals surface area contributed by atoms with Crippen LogP contribution in [-0.4, -0.2) is 37.9 Å². The summed E-state index contributed by atoms with van der Waals surface area (Å²) < 4.78 is 89.0. The van der Waals surface area contributed by atoms with Crippen molar-refractivity contribution in [3.05, 3.63) is 28.2 Å². The Kier molecular flexibility index (Phi) is 1.23. The van der Waals surface area contributed by atoms with E-state index in [1.54, 1.807) is 6.07 Å². The molecule has 1 heterocycles. The van der Waals surface area contributed by atoms with Gasteiger partial charge in [-0.15, -0.1) is 0 Å². The van der Waals surface area contributed by atoms with E-state index in [2.05, 4.69) is 15.9 Å². The number of benzene rings is 1. The lowest BCUT2D eigenvalue weighted by atomic mass is 10.1. The van der Waals surface area contributed by atoms with Gasteiger partial charge in [0.15, 0.2) is 0 Å². The predicted octanol–water partition coefficient (Wildman–Crippen LogP) is 3.08. The second-order valence-electron chi connectivity index (χ2n) is 4.14. The summed E-state index contributed by atoms with van der Waals surface area (Å²) in [6, 6.07) is 4.68. The van der Waals surface area contributed by atoms with Gasteiger partial charge in [-0.3, -0.25) is 0 Å². The first-order chi connectivity index (χ1) is 12.5. The van der Waals surface area contributed by atoms with Crippen molar-refractivity contribution in [3.8, 4) is 0 Å². The Hall–Kier alpha value is -0.540. The van der Waals surface area contributed by atoms with E-state index in [-0.39, 0.29) is 16.5 Å². The molecule has 0 aromatic heterocycles. The van der Waals surface area contributed by atoms with Gasteiger partial charge in [-0.2, -0.15) is 0 Å². The van der Waals surface area contributed by atoms with Crippen LogP contribution in [0.25, 0.3) is 0 Å². The van der Waals surface area contributed by atoms with Gasteiger partial charge >= 0.3 is 0 Å². The van der Waals surface area contributed by atoms with Gasteiger partial charge in [0.2, 0.25) is 0 Å². The second-order valence-corrected chi connectivity index (χ2v) is 5.05. The molecule has 3 rings (SSSR count). The summed E-state index contributed by atoms with van der Waals surface area (Å²) in [5, 5.41) is 0. The third-order valence-corrected chi connectivity index (χ3v) is 3.22. The molecule has 92 valence electrons. The fourth-order valence-electron chi connectivity index (χ4n) is 1.76. The number of hydrogen-bond donors (Lipinski definition) is 0. The largest absolute Gasteiger partial charge is 0.369 e. The molecular formula is C14H19BrN2. The zero-order chi connectivity index (χ0) is 21.5. The van der Waals surface area contributed by atoms with E-state index in [1.165, 1.54) is 12.1 Å². The summed E-state index contributed by atoms with van der Waals surface area (Å²) in [5.74, 6) is 0.227. The van der Waals surface area contributed by atoms with Crippen LogP contribution in [0.1, 0.15) is 39.4 Å². The summed E-state index contributed by atoms with van der Waals surface area (Å²) in [6.07, 6.45) is 1.84. The van der Waals surface area contributed by atoms with Crippen molar-refractivity contribution < 1.29 is 15.1 Å². The van der Waals surface area contributed by atoms with E-state index < -0.39 is 33.0 Å². The predicted molar refractivity (Wildman–Crippen MR) is 75.8 cm³/mol. The minimum atomic E-state index is -3.41. The first kappa shape index (κ1) is 4.53. The van der Waals surface area contributed by atoms with Gasteiger partial charge in [-0.05, 0) is 49.5 Å². The van der Waals surface area contributed by atoms with Crippen LogP contribution in [0.2, 0.25) is 0 Å². The van der Waals surface area contributed by atoms with Gasteiger partial charge < -0.3 is 9.80 Å². The van der Waals surface area contributed by atoms with Crippen LogP contribution in [0, 0.1) is 0 Å². The zero-order valence-corrected chi connectivity index (χ0v) is 10.6. The molecule has 0 spiro atoms. The van der Waals surface area contributed by atoms with Crippen molar-refractivity contribution in [1.29, 1.82) is 0 Å². The van der Waals surface area contributed by atoms with Crippen LogP contribution in [-0.2, 0) is 0 Å². The van der Waals surface area contributed by atoms with Crippen molar-refractivity contribution in [3.63, 3.8) is 0 Å². The van der Waals surface area contributed by atoms with Gasteiger partial charge in [0, 0.05) is 45.7 Å². The average Bonchev–Trinajstić information content (AvgIpc) is 3.26. The molecule has 17 heavy (non-hydrogen) atoms. The summed E-state index contributed by atoms with van der Waals surface area (Å²) in [7, 11) is 0. The molecule has 0 bridgehead atoms. The summed E-state index contributed by atoms with van der Waals surface area (Å²) in [6.45, 7) is -16.5. The molecule has 0 N–H and O–H groups in total. The molecule has 0 amide bonds. The standard InChI is InChI=1S/C14H19BrN2/c1-16-4-6-17(7-5-16)14-9-12(11-2-3-11)8-13(15)10-14/h8-11H,2-7H2,1H3/i1D3,4D2,5D2,6D2,7D2. The Morgan fingerprint density at radius 1 is 1.24 bits per heavy atom. The van der Waals surface area contributed by atoms with E-state index in [0.29, 0.717) is 9.37 Å². The third kappa shape index (κ3) is 2.66. The summed E-state index contributed by atoms with van der Waals surface area (Å²) in [5.41, 5.74) is 0.736. The van der Waals surface area contributed by atoms with Gasteiger partial charge in [-0.25, -0.2) is 0 Å². The number of piperazine rings is 1. The van der Waals surface area contributed by atoms with Crippen LogP contribution in [0.15, 0.2) is 22.7 Å². The minimum absolute atomic E-state index is 0.0655. The molecule has 3 heteroatoms. The maximum absolute atomic E-state index is 8.33. The highest BCUT2D eigenvalue weighted by Crippen LogP contribution is 2.42. The highest BCUT2D eigenvalue weighted by molar-refractivity contribution is 9.10. The van der Waals surface area contributed by atoms with Crippen molar-refractivity contribution in [1.82, 2.24) is 4.90 Å². The summed E-state index contributed by atoms with van der Waals surface area (Å²) >= 11 is 3.29. The second kappa shape index (κ2) is 4.62. The highest BCUT2D eigenvalue weighted by Gasteiger charge is 2.25. The number of nitrogens with zero attached hydrogens (tertiary/aromatic N) is 2. The molecule has 1 saturated carbocycles. The molecule has 1 saturated heterocycles. The molecular weight excluding hydrogens is 276 g/mol. The maximum atomic E-state index is 8.33. The number of likely N-dealkylation sites (N-methyl/N-ethyl adjacent to an activating group) is 1.